The number of rotatable bonds is 6. The molecule has 0 aromatic heterocycles. The van der Waals surface area contributed by atoms with Gasteiger partial charge in [-0.2, -0.15) is 0 Å². The maximum absolute atomic E-state index is 12.6. The molecule has 2 saturated heterocycles. The Morgan fingerprint density at radius 3 is 2.80 bits per heavy atom. The van der Waals surface area contributed by atoms with Crippen molar-refractivity contribution < 1.29 is 9.53 Å². The molecule has 2 heterocycles. The summed E-state index contributed by atoms with van der Waals surface area (Å²) in [6.45, 7) is 8.73. The summed E-state index contributed by atoms with van der Waals surface area (Å²) in [5, 5.41) is 0. The molecule has 1 aromatic carbocycles. The van der Waals surface area contributed by atoms with Crippen molar-refractivity contribution in [1.82, 2.24) is 9.80 Å². The Labute approximate surface area is 152 Å². The Hall–Kier alpha value is -1.39. The Morgan fingerprint density at radius 1 is 1.32 bits per heavy atom. The van der Waals surface area contributed by atoms with Gasteiger partial charge in [0.25, 0.3) is 0 Å². The van der Waals surface area contributed by atoms with Crippen LogP contribution in [0.25, 0.3) is 0 Å². The lowest BCUT2D eigenvalue weighted by Gasteiger charge is -2.58. The maximum atomic E-state index is 12.6. The highest BCUT2D eigenvalue weighted by atomic mass is 16.5. The van der Waals surface area contributed by atoms with Gasteiger partial charge in [-0.3, -0.25) is 9.69 Å². The zero-order valence-corrected chi connectivity index (χ0v) is 16.0. The molecule has 4 heteroatoms. The van der Waals surface area contributed by atoms with Crippen molar-refractivity contribution in [3.8, 4) is 0 Å². The van der Waals surface area contributed by atoms with Gasteiger partial charge in [0.2, 0.25) is 5.91 Å². The molecule has 1 amide bonds. The van der Waals surface area contributed by atoms with Crippen molar-refractivity contribution in [2.45, 2.75) is 45.1 Å². The van der Waals surface area contributed by atoms with Gasteiger partial charge in [0.05, 0.1) is 5.54 Å². The highest BCUT2D eigenvalue weighted by Gasteiger charge is 2.50. The number of amides is 1. The first-order valence-corrected chi connectivity index (χ1v) is 9.65. The van der Waals surface area contributed by atoms with Crippen LogP contribution in [-0.4, -0.2) is 61.1 Å². The standard InChI is InChI=1S/C21H32N2O2/c1-4-25-14-18-11-12-22(3)21(13-18)15-23(16-21)20(24)10-9-19-8-6-5-7-17(19)2/h5-8,18H,4,9-16H2,1-3H3. The van der Waals surface area contributed by atoms with Crippen molar-refractivity contribution in [2.24, 2.45) is 5.92 Å². The zero-order valence-electron chi connectivity index (χ0n) is 16.0. The predicted octanol–water partition coefficient (Wildman–Crippen LogP) is 2.89. The number of aryl methyl sites for hydroxylation is 2. The normalized spacial score (nSPS) is 22.8. The van der Waals surface area contributed by atoms with E-state index in [2.05, 4.69) is 55.0 Å². The second-order valence-corrected chi connectivity index (χ2v) is 7.84. The molecule has 2 aliphatic rings. The number of likely N-dealkylation sites (N-methyl/N-ethyl adjacent to an activating group) is 1. The second kappa shape index (κ2) is 7.88. The first-order chi connectivity index (χ1) is 12.0. The number of carbonyl (C=O) groups is 1. The molecule has 2 aliphatic heterocycles. The third-order valence-electron chi connectivity index (χ3n) is 6.10. The van der Waals surface area contributed by atoms with E-state index in [-0.39, 0.29) is 5.54 Å². The van der Waals surface area contributed by atoms with Crippen LogP contribution in [0.3, 0.4) is 0 Å². The molecule has 1 unspecified atom stereocenters. The summed E-state index contributed by atoms with van der Waals surface area (Å²) in [5.74, 6) is 0.939. The minimum Gasteiger partial charge on any atom is -0.381 e. The molecule has 138 valence electrons. The number of hydrogen-bond acceptors (Lipinski definition) is 3. The number of piperidine rings is 1. The van der Waals surface area contributed by atoms with Gasteiger partial charge in [-0.15, -0.1) is 0 Å². The van der Waals surface area contributed by atoms with E-state index in [0.717, 1.165) is 45.7 Å². The van der Waals surface area contributed by atoms with Crippen molar-refractivity contribution in [3.63, 3.8) is 0 Å². The van der Waals surface area contributed by atoms with Gasteiger partial charge in [0.1, 0.15) is 0 Å². The van der Waals surface area contributed by atoms with Gasteiger partial charge in [-0.05, 0) is 63.7 Å². The number of hydrogen-bond donors (Lipinski definition) is 0. The number of likely N-dealkylation sites (tertiary alicyclic amines) is 2. The Kier molecular flexibility index (Phi) is 5.80. The molecule has 1 aromatic rings. The first-order valence-electron chi connectivity index (χ1n) is 9.65. The second-order valence-electron chi connectivity index (χ2n) is 7.84. The third-order valence-corrected chi connectivity index (χ3v) is 6.10. The van der Waals surface area contributed by atoms with E-state index >= 15 is 0 Å². The van der Waals surface area contributed by atoms with Crippen LogP contribution in [0.4, 0.5) is 0 Å². The lowest BCUT2D eigenvalue weighted by molar-refractivity contribution is -0.151. The van der Waals surface area contributed by atoms with E-state index in [1.807, 2.05) is 0 Å². The van der Waals surface area contributed by atoms with Crippen molar-refractivity contribution in [3.05, 3.63) is 35.4 Å². The average molecular weight is 344 g/mol. The van der Waals surface area contributed by atoms with Crippen LogP contribution in [0.15, 0.2) is 24.3 Å². The van der Waals surface area contributed by atoms with Crippen LogP contribution in [0, 0.1) is 12.8 Å². The summed E-state index contributed by atoms with van der Waals surface area (Å²) in [4.78, 5) is 17.1. The van der Waals surface area contributed by atoms with E-state index in [0.29, 0.717) is 18.2 Å². The van der Waals surface area contributed by atoms with E-state index in [4.69, 9.17) is 4.74 Å². The Balaban J connectivity index is 1.50. The van der Waals surface area contributed by atoms with Crippen LogP contribution < -0.4 is 0 Å². The first kappa shape index (κ1) is 18.4. The quantitative estimate of drug-likeness (QED) is 0.795. The minimum atomic E-state index is 0.193. The van der Waals surface area contributed by atoms with Gasteiger partial charge in [-0.25, -0.2) is 0 Å². The molecule has 0 N–H and O–H groups in total. The van der Waals surface area contributed by atoms with E-state index in [1.165, 1.54) is 17.5 Å². The number of benzene rings is 1. The van der Waals surface area contributed by atoms with Crippen molar-refractivity contribution >= 4 is 5.91 Å². The number of ether oxygens (including phenoxy) is 1. The number of nitrogens with zero attached hydrogens (tertiary/aromatic N) is 2. The average Bonchev–Trinajstić information content (AvgIpc) is 2.58. The summed E-state index contributed by atoms with van der Waals surface area (Å²) in [6, 6.07) is 8.36. The van der Waals surface area contributed by atoms with Crippen LogP contribution >= 0.6 is 0 Å². The molecule has 0 saturated carbocycles. The summed E-state index contributed by atoms with van der Waals surface area (Å²) in [6.07, 6.45) is 3.83. The van der Waals surface area contributed by atoms with Gasteiger partial charge in [0, 0.05) is 32.7 Å². The van der Waals surface area contributed by atoms with Crippen LogP contribution in [0.5, 0.6) is 0 Å². The summed E-state index contributed by atoms with van der Waals surface area (Å²) in [7, 11) is 2.21. The van der Waals surface area contributed by atoms with E-state index in [9.17, 15) is 4.79 Å². The minimum absolute atomic E-state index is 0.193. The molecule has 2 fully saturated rings. The van der Waals surface area contributed by atoms with E-state index in [1.54, 1.807) is 0 Å². The molecule has 25 heavy (non-hydrogen) atoms. The molecular formula is C21H32N2O2. The fourth-order valence-corrected chi connectivity index (χ4v) is 4.34. The maximum Gasteiger partial charge on any atom is 0.223 e. The summed E-state index contributed by atoms with van der Waals surface area (Å²) < 4.78 is 5.64. The summed E-state index contributed by atoms with van der Waals surface area (Å²) >= 11 is 0. The molecule has 0 radical (unpaired) electrons. The van der Waals surface area contributed by atoms with Gasteiger partial charge in [-0.1, -0.05) is 24.3 Å². The molecule has 0 bridgehead atoms. The fraction of sp³-hybridized carbons (Fsp3) is 0.667. The highest BCUT2D eigenvalue weighted by molar-refractivity contribution is 5.77. The lowest BCUT2D eigenvalue weighted by Crippen LogP contribution is -2.72. The smallest absolute Gasteiger partial charge is 0.223 e. The molecule has 1 spiro atoms. The molecule has 1 atom stereocenters. The molecule has 4 nitrogen and oxygen atoms in total. The fourth-order valence-electron chi connectivity index (χ4n) is 4.34. The topological polar surface area (TPSA) is 32.8 Å². The molecule has 3 rings (SSSR count). The number of carbonyl (C=O) groups excluding carboxylic acids is 1. The zero-order chi connectivity index (χ0) is 17.9. The van der Waals surface area contributed by atoms with Crippen LogP contribution in [0.1, 0.15) is 37.3 Å². The van der Waals surface area contributed by atoms with Crippen molar-refractivity contribution in [2.75, 3.05) is 39.9 Å². The summed E-state index contributed by atoms with van der Waals surface area (Å²) in [5.41, 5.74) is 2.76. The van der Waals surface area contributed by atoms with E-state index < -0.39 is 0 Å². The predicted molar refractivity (Wildman–Crippen MR) is 101 cm³/mol. The third kappa shape index (κ3) is 4.06. The molecular weight excluding hydrogens is 312 g/mol. The molecule has 0 aliphatic carbocycles. The monoisotopic (exact) mass is 344 g/mol. The van der Waals surface area contributed by atoms with Gasteiger partial charge >= 0.3 is 0 Å². The SMILES string of the molecule is CCOCC1CCN(C)C2(C1)CN(C(=O)CCc1ccccc1C)C2. The van der Waals surface area contributed by atoms with Crippen LogP contribution in [-0.2, 0) is 16.0 Å². The Bertz CT molecular complexity index is 593. The highest BCUT2D eigenvalue weighted by Crippen LogP contribution is 2.38. The van der Waals surface area contributed by atoms with Gasteiger partial charge in [0.15, 0.2) is 0 Å². The lowest BCUT2D eigenvalue weighted by atomic mass is 9.75. The Morgan fingerprint density at radius 2 is 2.08 bits per heavy atom. The van der Waals surface area contributed by atoms with Crippen molar-refractivity contribution in [1.29, 1.82) is 0 Å². The largest absolute Gasteiger partial charge is 0.381 e. The van der Waals surface area contributed by atoms with Crippen LogP contribution in [0.2, 0.25) is 0 Å². The van der Waals surface area contributed by atoms with Gasteiger partial charge < -0.3 is 9.64 Å².